The van der Waals surface area contributed by atoms with Crippen LogP contribution in [-0.2, 0) is 16.1 Å². The molecule has 22 heavy (non-hydrogen) atoms. The average Bonchev–Trinajstić information content (AvgIpc) is 2.55. The predicted octanol–water partition coefficient (Wildman–Crippen LogP) is 1.75. The number of amides is 2. The van der Waals surface area contributed by atoms with E-state index in [-0.39, 0.29) is 12.0 Å². The molecule has 1 aliphatic rings. The van der Waals surface area contributed by atoms with E-state index >= 15 is 0 Å². The van der Waals surface area contributed by atoms with E-state index in [0.717, 1.165) is 5.56 Å². The van der Waals surface area contributed by atoms with E-state index in [1.165, 1.54) is 0 Å². The van der Waals surface area contributed by atoms with Crippen LogP contribution in [0.15, 0.2) is 24.3 Å². The summed E-state index contributed by atoms with van der Waals surface area (Å²) in [6.07, 6.45) is -0.307. The van der Waals surface area contributed by atoms with Gasteiger partial charge in [-0.25, -0.2) is 4.79 Å². The third-order valence-corrected chi connectivity index (χ3v) is 3.60. The van der Waals surface area contributed by atoms with Crippen molar-refractivity contribution in [3.8, 4) is 0 Å². The number of nitrogens with zero attached hydrogens (tertiary/aromatic N) is 2. The monoisotopic (exact) mass is 306 g/mol. The Hall–Kier alpha value is -2.08. The summed E-state index contributed by atoms with van der Waals surface area (Å²) in [5, 5.41) is 0. The van der Waals surface area contributed by atoms with Crippen LogP contribution in [0.1, 0.15) is 22.8 Å². The van der Waals surface area contributed by atoms with Crippen molar-refractivity contribution < 1.29 is 19.1 Å². The SMILES string of the molecule is CCOC(=O)N1CCN(C(=O)c2ccc(COC)cc2)CC1. The lowest BCUT2D eigenvalue weighted by atomic mass is 10.1. The molecule has 1 fully saturated rings. The maximum atomic E-state index is 12.4. The maximum Gasteiger partial charge on any atom is 0.409 e. The van der Waals surface area contributed by atoms with Gasteiger partial charge in [0.2, 0.25) is 0 Å². The Morgan fingerprint density at radius 1 is 1.05 bits per heavy atom. The summed E-state index contributed by atoms with van der Waals surface area (Å²) in [4.78, 5) is 27.5. The van der Waals surface area contributed by atoms with Crippen molar-refractivity contribution in [3.05, 3.63) is 35.4 Å². The van der Waals surface area contributed by atoms with Gasteiger partial charge >= 0.3 is 6.09 Å². The smallest absolute Gasteiger partial charge is 0.409 e. The molecule has 1 aromatic rings. The number of hydrogen-bond acceptors (Lipinski definition) is 4. The third kappa shape index (κ3) is 3.98. The molecular weight excluding hydrogens is 284 g/mol. The molecule has 0 saturated carbocycles. The lowest BCUT2D eigenvalue weighted by molar-refractivity contribution is 0.0570. The molecule has 2 amide bonds. The lowest BCUT2D eigenvalue weighted by Gasteiger charge is -2.34. The summed E-state index contributed by atoms with van der Waals surface area (Å²) >= 11 is 0. The number of benzene rings is 1. The molecule has 6 nitrogen and oxygen atoms in total. The lowest BCUT2D eigenvalue weighted by Crippen LogP contribution is -2.50. The van der Waals surface area contributed by atoms with E-state index in [1.54, 1.807) is 23.8 Å². The van der Waals surface area contributed by atoms with Crippen LogP contribution in [0, 0.1) is 0 Å². The molecule has 1 aliphatic heterocycles. The van der Waals surface area contributed by atoms with Crippen molar-refractivity contribution in [1.82, 2.24) is 9.80 Å². The molecule has 2 rings (SSSR count). The van der Waals surface area contributed by atoms with E-state index < -0.39 is 0 Å². The van der Waals surface area contributed by atoms with Crippen molar-refractivity contribution in [2.45, 2.75) is 13.5 Å². The molecule has 0 spiro atoms. The molecule has 0 aliphatic carbocycles. The van der Waals surface area contributed by atoms with E-state index in [9.17, 15) is 9.59 Å². The minimum Gasteiger partial charge on any atom is -0.450 e. The fourth-order valence-corrected chi connectivity index (χ4v) is 2.40. The minimum absolute atomic E-state index is 0.00697. The predicted molar refractivity (Wildman–Crippen MR) is 81.7 cm³/mol. The van der Waals surface area contributed by atoms with Gasteiger partial charge in [0.05, 0.1) is 13.2 Å². The molecule has 6 heteroatoms. The highest BCUT2D eigenvalue weighted by atomic mass is 16.6. The highest BCUT2D eigenvalue weighted by molar-refractivity contribution is 5.94. The summed E-state index contributed by atoms with van der Waals surface area (Å²) in [5.74, 6) is -0.00697. The van der Waals surface area contributed by atoms with E-state index in [4.69, 9.17) is 9.47 Å². The number of carbonyl (C=O) groups excluding carboxylic acids is 2. The molecule has 0 unspecified atom stereocenters. The van der Waals surface area contributed by atoms with Crippen molar-refractivity contribution in [1.29, 1.82) is 0 Å². The topological polar surface area (TPSA) is 59.1 Å². The van der Waals surface area contributed by atoms with Crippen molar-refractivity contribution in [2.75, 3.05) is 39.9 Å². The highest BCUT2D eigenvalue weighted by Crippen LogP contribution is 2.11. The van der Waals surface area contributed by atoms with Crippen LogP contribution in [0.3, 0.4) is 0 Å². The first-order chi connectivity index (χ1) is 10.7. The van der Waals surface area contributed by atoms with Gasteiger partial charge in [-0.3, -0.25) is 4.79 Å². The first-order valence-electron chi connectivity index (χ1n) is 7.44. The molecule has 1 heterocycles. The standard InChI is InChI=1S/C16H22N2O4/c1-3-22-16(20)18-10-8-17(9-11-18)15(19)14-6-4-13(5-7-14)12-21-2/h4-7H,3,8-12H2,1-2H3. The number of hydrogen-bond donors (Lipinski definition) is 0. The fraction of sp³-hybridized carbons (Fsp3) is 0.500. The maximum absolute atomic E-state index is 12.4. The molecular formula is C16H22N2O4. The second kappa shape index (κ2) is 7.79. The number of carbonyl (C=O) groups is 2. The summed E-state index contributed by atoms with van der Waals surface area (Å²) < 4.78 is 10.0. The van der Waals surface area contributed by atoms with Gasteiger partial charge in [-0.1, -0.05) is 12.1 Å². The Morgan fingerprint density at radius 3 is 2.18 bits per heavy atom. The van der Waals surface area contributed by atoms with Crippen LogP contribution in [0.5, 0.6) is 0 Å². The van der Waals surface area contributed by atoms with E-state index in [1.807, 2.05) is 24.3 Å². The van der Waals surface area contributed by atoms with Crippen LogP contribution < -0.4 is 0 Å². The van der Waals surface area contributed by atoms with Crippen LogP contribution in [-0.4, -0.2) is 61.7 Å². The van der Waals surface area contributed by atoms with Gasteiger partial charge in [0, 0.05) is 38.9 Å². The van der Waals surface area contributed by atoms with Crippen LogP contribution in [0.2, 0.25) is 0 Å². The van der Waals surface area contributed by atoms with Gasteiger partial charge in [0.15, 0.2) is 0 Å². The Kier molecular flexibility index (Phi) is 5.77. The number of piperazine rings is 1. The molecule has 1 saturated heterocycles. The van der Waals surface area contributed by atoms with Crippen LogP contribution in [0.4, 0.5) is 4.79 Å². The number of rotatable bonds is 4. The van der Waals surface area contributed by atoms with Crippen LogP contribution in [0.25, 0.3) is 0 Å². The number of methoxy groups -OCH3 is 1. The zero-order valence-electron chi connectivity index (χ0n) is 13.1. The van der Waals surface area contributed by atoms with E-state index in [0.29, 0.717) is 45.0 Å². The Labute approximate surface area is 130 Å². The highest BCUT2D eigenvalue weighted by Gasteiger charge is 2.25. The first kappa shape index (κ1) is 16.3. The van der Waals surface area contributed by atoms with Crippen LogP contribution >= 0.6 is 0 Å². The molecule has 0 radical (unpaired) electrons. The summed E-state index contributed by atoms with van der Waals surface area (Å²) in [5.41, 5.74) is 1.69. The Morgan fingerprint density at radius 2 is 1.64 bits per heavy atom. The summed E-state index contributed by atoms with van der Waals surface area (Å²) in [6, 6.07) is 7.42. The minimum atomic E-state index is -0.307. The molecule has 0 N–H and O–H groups in total. The first-order valence-corrected chi connectivity index (χ1v) is 7.44. The normalized spacial score (nSPS) is 14.8. The Balaban J connectivity index is 1.90. The summed E-state index contributed by atoms with van der Waals surface area (Å²) in [6.45, 7) is 4.75. The third-order valence-electron chi connectivity index (χ3n) is 3.60. The van der Waals surface area contributed by atoms with Gasteiger partial charge < -0.3 is 19.3 Å². The van der Waals surface area contributed by atoms with Gasteiger partial charge in [-0.15, -0.1) is 0 Å². The zero-order valence-corrected chi connectivity index (χ0v) is 13.1. The van der Waals surface area contributed by atoms with Crippen molar-refractivity contribution >= 4 is 12.0 Å². The largest absolute Gasteiger partial charge is 0.450 e. The molecule has 0 atom stereocenters. The van der Waals surface area contributed by atoms with E-state index in [2.05, 4.69) is 0 Å². The Bertz CT molecular complexity index is 507. The second-order valence-electron chi connectivity index (χ2n) is 5.11. The quantitative estimate of drug-likeness (QED) is 0.850. The van der Waals surface area contributed by atoms with Gasteiger partial charge in [0.1, 0.15) is 0 Å². The summed E-state index contributed by atoms with van der Waals surface area (Å²) in [7, 11) is 1.64. The van der Waals surface area contributed by atoms with Crippen molar-refractivity contribution in [2.24, 2.45) is 0 Å². The van der Waals surface area contributed by atoms with Gasteiger partial charge in [-0.05, 0) is 24.6 Å². The van der Waals surface area contributed by atoms with Crippen molar-refractivity contribution in [3.63, 3.8) is 0 Å². The van der Waals surface area contributed by atoms with Gasteiger partial charge in [0.25, 0.3) is 5.91 Å². The average molecular weight is 306 g/mol. The molecule has 1 aromatic carbocycles. The molecule has 0 aromatic heterocycles. The van der Waals surface area contributed by atoms with Gasteiger partial charge in [-0.2, -0.15) is 0 Å². The molecule has 0 bridgehead atoms. The zero-order chi connectivity index (χ0) is 15.9. The fourth-order valence-electron chi connectivity index (χ4n) is 2.40. The number of ether oxygens (including phenoxy) is 2. The second-order valence-corrected chi connectivity index (χ2v) is 5.11. The molecule has 120 valence electrons.